The molecule has 2 heterocycles. The van der Waals surface area contributed by atoms with E-state index in [1.807, 2.05) is 6.07 Å². The fourth-order valence-electron chi connectivity index (χ4n) is 2.27. The van der Waals surface area contributed by atoms with Crippen LogP contribution in [0.2, 0.25) is 5.15 Å². The van der Waals surface area contributed by atoms with Crippen LogP contribution < -0.4 is 5.32 Å². The number of hydrogen-bond acceptors (Lipinski definition) is 5. The number of halogens is 2. The first kappa shape index (κ1) is 17.5. The number of nitrogens with zero attached hydrogens (tertiary/aromatic N) is 4. The Hall–Kier alpha value is -3.37. The average molecular weight is 368 g/mol. The highest BCUT2D eigenvalue weighted by atomic mass is 35.5. The lowest BCUT2D eigenvalue weighted by Crippen LogP contribution is -2.14. The van der Waals surface area contributed by atoms with Crippen molar-refractivity contribution in [3.63, 3.8) is 0 Å². The zero-order valence-corrected chi connectivity index (χ0v) is 14.0. The van der Waals surface area contributed by atoms with Gasteiger partial charge >= 0.3 is 0 Å². The van der Waals surface area contributed by atoms with Gasteiger partial charge in [-0.1, -0.05) is 17.7 Å². The van der Waals surface area contributed by atoms with Crippen molar-refractivity contribution >= 4 is 23.3 Å². The van der Waals surface area contributed by atoms with Gasteiger partial charge in [0.25, 0.3) is 5.91 Å². The Morgan fingerprint density at radius 1 is 1.12 bits per heavy atom. The molecule has 2 aromatic heterocycles. The van der Waals surface area contributed by atoms with Crippen LogP contribution in [0, 0.1) is 17.1 Å². The van der Waals surface area contributed by atoms with E-state index in [-0.39, 0.29) is 16.4 Å². The van der Waals surface area contributed by atoms with Crippen LogP contribution in [0.5, 0.6) is 0 Å². The number of benzene rings is 1. The first-order valence-electron chi connectivity index (χ1n) is 7.47. The number of nitriles is 1. The molecular formula is C18H11ClFN5O. The van der Waals surface area contributed by atoms with E-state index in [1.165, 1.54) is 24.5 Å². The minimum Gasteiger partial charge on any atom is -0.305 e. The lowest BCUT2D eigenvalue weighted by molar-refractivity contribution is 0.102. The number of amides is 1. The van der Waals surface area contributed by atoms with E-state index >= 15 is 0 Å². The van der Waals surface area contributed by atoms with Crippen molar-refractivity contribution in [2.45, 2.75) is 6.42 Å². The van der Waals surface area contributed by atoms with Crippen LogP contribution in [0.15, 0.2) is 48.9 Å². The molecule has 0 radical (unpaired) electrons. The summed E-state index contributed by atoms with van der Waals surface area (Å²) in [5, 5.41) is 11.7. The molecule has 0 spiro atoms. The topological polar surface area (TPSA) is 91.6 Å². The normalized spacial score (nSPS) is 10.2. The molecule has 3 aromatic rings. The van der Waals surface area contributed by atoms with Gasteiger partial charge in [-0.25, -0.2) is 19.3 Å². The van der Waals surface area contributed by atoms with Crippen molar-refractivity contribution < 1.29 is 9.18 Å². The fraction of sp³-hybridized carbons (Fsp3) is 0.0556. The Morgan fingerprint density at radius 3 is 2.62 bits per heavy atom. The molecule has 0 aliphatic carbocycles. The standard InChI is InChI=1S/C18H11ClFN5O/c19-16-10-22-15(9-23-16)18(26)25-17-2-1-11(8-24-17)3-12-4-13(7-21)6-14(20)5-12/h1-2,4-6,8-10H,3H2,(H,24,25,26). The molecule has 0 aliphatic heterocycles. The average Bonchev–Trinajstić information content (AvgIpc) is 2.63. The number of anilines is 1. The molecule has 8 heteroatoms. The molecular weight excluding hydrogens is 357 g/mol. The van der Waals surface area contributed by atoms with Crippen molar-refractivity contribution in [2.24, 2.45) is 0 Å². The molecule has 0 saturated heterocycles. The molecule has 0 saturated carbocycles. The minimum absolute atomic E-state index is 0.115. The number of hydrogen-bond donors (Lipinski definition) is 1. The zero-order chi connectivity index (χ0) is 18.5. The summed E-state index contributed by atoms with van der Waals surface area (Å²) in [4.78, 5) is 23.9. The van der Waals surface area contributed by atoms with Crippen LogP contribution in [0.1, 0.15) is 27.2 Å². The van der Waals surface area contributed by atoms with E-state index in [0.717, 1.165) is 5.56 Å². The zero-order valence-electron chi connectivity index (χ0n) is 13.3. The summed E-state index contributed by atoms with van der Waals surface area (Å²) in [7, 11) is 0. The molecule has 0 bridgehead atoms. The van der Waals surface area contributed by atoms with Crippen LogP contribution in [0.25, 0.3) is 0 Å². The highest BCUT2D eigenvalue weighted by Gasteiger charge is 2.09. The van der Waals surface area contributed by atoms with Gasteiger partial charge in [0.05, 0.1) is 24.0 Å². The number of aromatic nitrogens is 3. The molecule has 1 N–H and O–H groups in total. The smallest absolute Gasteiger partial charge is 0.277 e. The van der Waals surface area contributed by atoms with Gasteiger partial charge in [-0.2, -0.15) is 5.26 Å². The Morgan fingerprint density at radius 2 is 1.96 bits per heavy atom. The molecule has 3 rings (SSSR count). The van der Waals surface area contributed by atoms with Crippen LogP contribution in [-0.2, 0) is 6.42 Å². The van der Waals surface area contributed by atoms with Gasteiger partial charge in [-0.15, -0.1) is 0 Å². The van der Waals surface area contributed by atoms with E-state index in [2.05, 4.69) is 20.3 Å². The fourth-order valence-corrected chi connectivity index (χ4v) is 2.36. The number of nitrogens with one attached hydrogen (secondary N) is 1. The van der Waals surface area contributed by atoms with Gasteiger partial charge < -0.3 is 5.32 Å². The third-order valence-corrected chi connectivity index (χ3v) is 3.61. The lowest BCUT2D eigenvalue weighted by atomic mass is 10.0. The van der Waals surface area contributed by atoms with Gasteiger partial charge in [0.1, 0.15) is 22.5 Å². The Balaban J connectivity index is 1.69. The summed E-state index contributed by atoms with van der Waals surface area (Å²) in [6.45, 7) is 0. The summed E-state index contributed by atoms with van der Waals surface area (Å²) in [5.41, 5.74) is 1.85. The van der Waals surface area contributed by atoms with E-state index in [1.54, 1.807) is 24.4 Å². The van der Waals surface area contributed by atoms with Gasteiger partial charge in [0.15, 0.2) is 0 Å². The maximum Gasteiger partial charge on any atom is 0.277 e. The van der Waals surface area contributed by atoms with Gasteiger partial charge in [0, 0.05) is 6.20 Å². The van der Waals surface area contributed by atoms with Gasteiger partial charge in [-0.3, -0.25) is 4.79 Å². The van der Waals surface area contributed by atoms with Crippen molar-refractivity contribution in [1.29, 1.82) is 5.26 Å². The van der Waals surface area contributed by atoms with Crippen LogP contribution in [0.3, 0.4) is 0 Å². The summed E-state index contributed by atoms with van der Waals surface area (Å²) in [6.07, 6.45) is 4.53. The van der Waals surface area contributed by atoms with E-state index in [4.69, 9.17) is 16.9 Å². The van der Waals surface area contributed by atoms with Crippen molar-refractivity contribution in [1.82, 2.24) is 15.0 Å². The molecule has 0 aliphatic rings. The van der Waals surface area contributed by atoms with Crippen LogP contribution >= 0.6 is 11.6 Å². The predicted molar refractivity (Wildman–Crippen MR) is 93.2 cm³/mol. The molecule has 0 atom stereocenters. The molecule has 0 unspecified atom stereocenters. The first-order valence-corrected chi connectivity index (χ1v) is 7.84. The maximum atomic E-state index is 13.5. The second-order valence-corrected chi connectivity index (χ2v) is 5.75. The van der Waals surface area contributed by atoms with E-state index in [0.29, 0.717) is 17.8 Å². The van der Waals surface area contributed by atoms with E-state index in [9.17, 15) is 9.18 Å². The molecule has 1 aromatic carbocycles. The van der Waals surface area contributed by atoms with Crippen molar-refractivity contribution in [3.8, 4) is 6.07 Å². The largest absolute Gasteiger partial charge is 0.305 e. The van der Waals surface area contributed by atoms with Crippen LogP contribution in [-0.4, -0.2) is 20.9 Å². The highest BCUT2D eigenvalue weighted by Crippen LogP contribution is 2.15. The first-order chi connectivity index (χ1) is 12.5. The number of pyridine rings is 1. The second-order valence-electron chi connectivity index (χ2n) is 5.37. The Bertz CT molecular complexity index is 984. The number of rotatable bonds is 4. The van der Waals surface area contributed by atoms with Crippen molar-refractivity contribution in [3.05, 3.63) is 82.3 Å². The molecule has 128 valence electrons. The predicted octanol–water partition coefficient (Wildman–Crippen LogP) is 3.38. The summed E-state index contributed by atoms with van der Waals surface area (Å²) < 4.78 is 13.5. The second kappa shape index (κ2) is 7.68. The SMILES string of the molecule is N#Cc1cc(F)cc(Cc2ccc(NC(=O)c3cnc(Cl)cn3)nc2)c1. The number of carbonyl (C=O) groups excluding carboxylic acids is 1. The Kier molecular flexibility index (Phi) is 5.15. The monoisotopic (exact) mass is 367 g/mol. The third-order valence-electron chi connectivity index (χ3n) is 3.41. The lowest BCUT2D eigenvalue weighted by Gasteiger charge is -2.06. The molecule has 0 fully saturated rings. The summed E-state index contributed by atoms with van der Waals surface area (Å²) >= 11 is 5.63. The van der Waals surface area contributed by atoms with Crippen LogP contribution in [0.4, 0.5) is 10.2 Å². The highest BCUT2D eigenvalue weighted by molar-refractivity contribution is 6.29. The third kappa shape index (κ3) is 4.37. The minimum atomic E-state index is -0.460. The quantitative estimate of drug-likeness (QED) is 0.763. The molecule has 1 amide bonds. The van der Waals surface area contributed by atoms with Gasteiger partial charge in [-0.05, 0) is 41.8 Å². The van der Waals surface area contributed by atoms with Crippen molar-refractivity contribution in [2.75, 3.05) is 5.32 Å². The van der Waals surface area contributed by atoms with E-state index < -0.39 is 11.7 Å². The molecule has 26 heavy (non-hydrogen) atoms. The summed E-state index contributed by atoms with van der Waals surface area (Å²) in [6, 6.07) is 9.48. The molecule has 6 nitrogen and oxygen atoms in total. The maximum absolute atomic E-state index is 13.5. The van der Waals surface area contributed by atoms with Gasteiger partial charge in [0.2, 0.25) is 0 Å². The number of carbonyl (C=O) groups is 1. The summed E-state index contributed by atoms with van der Waals surface area (Å²) in [5.74, 6) is -0.578. The Labute approximate surface area is 153 Å².